The summed E-state index contributed by atoms with van der Waals surface area (Å²) in [6.45, 7) is 4.04. The molecule has 0 spiro atoms. The molecule has 1 aliphatic rings. The summed E-state index contributed by atoms with van der Waals surface area (Å²) in [7, 11) is 1.54. The van der Waals surface area contributed by atoms with Crippen molar-refractivity contribution >= 4 is 28.9 Å². The highest BCUT2D eigenvalue weighted by Gasteiger charge is 2.41. The van der Waals surface area contributed by atoms with E-state index in [0.29, 0.717) is 28.8 Å². The summed E-state index contributed by atoms with van der Waals surface area (Å²) in [4.78, 5) is 19.5. The van der Waals surface area contributed by atoms with Gasteiger partial charge in [0, 0.05) is 36.2 Å². The van der Waals surface area contributed by atoms with E-state index in [2.05, 4.69) is 15.6 Å². The van der Waals surface area contributed by atoms with Crippen molar-refractivity contribution in [2.45, 2.75) is 38.5 Å². The number of rotatable bonds is 8. The Morgan fingerprint density at radius 2 is 1.83 bits per heavy atom. The van der Waals surface area contributed by atoms with Crippen LogP contribution in [0.1, 0.15) is 46.7 Å². The molecule has 1 fully saturated rings. The molecule has 0 unspecified atom stereocenters. The first-order valence-electron chi connectivity index (χ1n) is 13.4. The van der Waals surface area contributed by atoms with Crippen LogP contribution in [-0.4, -0.2) is 39.1 Å². The minimum absolute atomic E-state index is 0.137. The predicted molar refractivity (Wildman–Crippen MR) is 159 cm³/mol. The maximum atomic E-state index is 13.5. The fraction of sp³-hybridized carbons (Fsp3) is 0.258. The van der Waals surface area contributed by atoms with E-state index in [1.54, 1.807) is 24.4 Å². The summed E-state index contributed by atoms with van der Waals surface area (Å²) in [5.74, 6) is 0.344. The monoisotopic (exact) mass is 593 g/mol. The smallest absolute Gasteiger partial charge is 0.416 e. The molecule has 42 heavy (non-hydrogen) atoms. The molecule has 2 atom stereocenters. The highest BCUT2D eigenvalue weighted by atomic mass is 32.1. The molecule has 218 valence electrons. The van der Waals surface area contributed by atoms with E-state index in [0.717, 1.165) is 34.8 Å². The Morgan fingerprint density at radius 1 is 1.07 bits per heavy atom. The SMILES string of the molecule is COc1ccccc1NC(=O)CCN1C(=S)N[C@@H](c2ccccn2)[C@H]1c1cc(C)n(-c2cccc(C(F)(F)F)c2)c1C. The summed E-state index contributed by atoms with van der Waals surface area (Å²) >= 11 is 5.75. The average Bonchev–Trinajstić information content (AvgIpc) is 3.46. The zero-order chi connectivity index (χ0) is 30.0. The van der Waals surface area contributed by atoms with Crippen LogP contribution in [0.4, 0.5) is 18.9 Å². The van der Waals surface area contributed by atoms with Crippen LogP contribution in [0.3, 0.4) is 0 Å². The number of hydrogen-bond acceptors (Lipinski definition) is 4. The van der Waals surface area contributed by atoms with Crippen LogP contribution in [0, 0.1) is 13.8 Å². The number of benzene rings is 2. The second kappa shape index (κ2) is 11.8. The minimum Gasteiger partial charge on any atom is -0.495 e. The highest BCUT2D eigenvalue weighted by molar-refractivity contribution is 7.80. The Labute approximate surface area is 247 Å². The molecule has 11 heteroatoms. The van der Waals surface area contributed by atoms with E-state index in [4.69, 9.17) is 17.0 Å². The van der Waals surface area contributed by atoms with Crippen molar-refractivity contribution in [2.24, 2.45) is 0 Å². The van der Waals surface area contributed by atoms with Gasteiger partial charge in [-0.1, -0.05) is 24.3 Å². The van der Waals surface area contributed by atoms with Crippen molar-refractivity contribution in [1.29, 1.82) is 0 Å². The molecule has 0 saturated carbocycles. The third-order valence-electron chi connectivity index (χ3n) is 7.38. The zero-order valence-corrected chi connectivity index (χ0v) is 24.1. The third-order valence-corrected chi connectivity index (χ3v) is 7.73. The van der Waals surface area contributed by atoms with Gasteiger partial charge in [-0.3, -0.25) is 9.78 Å². The van der Waals surface area contributed by atoms with E-state index < -0.39 is 11.7 Å². The van der Waals surface area contributed by atoms with Gasteiger partial charge in [-0.25, -0.2) is 0 Å². The second-order valence-corrected chi connectivity index (χ2v) is 10.4. The molecule has 2 aromatic heterocycles. The van der Waals surface area contributed by atoms with Gasteiger partial charge in [0.2, 0.25) is 5.91 Å². The molecule has 1 aliphatic heterocycles. The number of aromatic nitrogens is 2. The van der Waals surface area contributed by atoms with Crippen LogP contribution in [0.25, 0.3) is 5.69 Å². The predicted octanol–water partition coefficient (Wildman–Crippen LogP) is 6.52. The van der Waals surface area contributed by atoms with E-state index >= 15 is 0 Å². The van der Waals surface area contributed by atoms with Crippen LogP contribution in [0.2, 0.25) is 0 Å². The Balaban J connectivity index is 1.48. The third kappa shape index (κ3) is 5.82. The molecule has 2 aromatic carbocycles. The van der Waals surface area contributed by atoms with Crippen LogP contribution >= 0.6 is 12.2 Å². The summed E-state index contributed by atoms with van der Waals surface area (Å²) in [5, 5.41) is 6.73. The van der Waals surface area contributed by atoms with Crippen LogP contribution < -0.4 is 15.4 Å². The summed E-state index contributed by atoms with van der Waals surface area (Å²) < 4.78 is 47.7. The number of carbonyl (C=O) groups is 1. The van der Waals surface area contributed by atoms with Gasteiger partial charge < -0.3 is 24.8 Å². The number of pyridine rings is 1. The van der Waals surface area contributed by atoms with Gasteiger partial charge >= 0.3 is 6.18 Å². The van der Waals surface area contributed by atoms with Crippen LogP contribution in [0.5, 0.6) is 5.75 Å². The number of carbonyl (C=O) groups excluding carboxylic acids is 1. The molecule has 5 rings (SSSR count). The number of ether oxygens (including phenoxy) is 1. The highest BCUT2D eigenvalue weighted by Crippen LogP contribution is 2.42. The number of aryl methyl sites for hydroxylation is 1. The quantitative estimate of drug-likeness (QED) is 0.227. The minimum atomic E-state index is -4.46. The zero-order valence-electron chi connectivity index (χ0n) is 23.3. The topological polar surface area (TPSA) is 71.4 Å². The van der Waals surface area contributed by atoms with Crippen molar-refractivity contribution in [3.8, 4) is 11.4 Å². The normalized spacial score (nSPS) is 16.8. The lowest BCUT2D eigenvalue weighted by Gasteiger charge is -2.28. The molecule has 2 N–H and O–H groups in total. The molecular formula is C31H30F3N5O2S. The standard InChI is InChI=1S/C31H30F3N5O2S/c1-19-17-23(20(2)39(19)22-10-8-9-21(18-22)31(32,33)34)29-28(25-12-6-7-15-35-25)37-30(42)38(29)16-14-27(40)36-24-11-4-5-13-26(24)41-3/h4-13,15,17-18,28-29H,14,16H2,1-3H3,(H,36,40)(H,37,42)/t28-,29+/m0/s1. The molecule has 0 bridgehead atoms. The Morgan fingerprint density at radius 3 is 2.55 bits per heavy atom. The number of para-hydroxylation sites is 2. The average molecular weight is 594 g/mol. The van der Waals surface area contributed by atoms with Crippen LogP contribution in [-0.2, 0) is 11.0 Å². The lowest BCUT2D eigenvalue weighted by molar-refractivity contribution is -0.137. The summed E-state index contributed by atoms with van der Waals surface area (Å²) in [6.07, 6.45) is -2.62. The largest absolute Gasteiger partial charge is 0.495 e. The molecule has 4 aromatic rings. The molecule has 7 nitrogen and oxygen atoms in total. The first kappa shape index (κ1) is 29.1. The molecule has 1 amide bonds. The number of amides is 1. The van der Waals surface area contributed by atoms with E-state index in [9.17, 15) is 18.0 Å². The van der Waals surface area contributed by atoms with Crippen molar-refractivity contribution < 1.29 is 22.7 Å². The van der Waals surface area contributed by atoms with Gasteiger partial charge in [0.25, 0.3) is 0 Å². The Hall–Kier alpha value is -4.38. The van der Waals surface area contributed by atoms with E-state index in [1.165, 1.54) is 13.2 Å². The van der Waals surface area contributed by atoms with Gasteiger partial charge in [-0.15, -0.1) is 0 Å². The van der Waals surface area contributed by atoms with Crippen molar-refractivity contribution in [3.05, 3.63) is 107 Å². The van der Waals surface area contributed by atoms with Gasteiger partial charge in [-0.05, 0) is 80.2 Å². The summed E-state index contributed by atoms with van der Waals surface area (Å²) in [6, 6.07) is 19.3. The fourth-order valence-corrected chi connectivity index (χ4v) is 5.80. The molecule has 1 saturated heterocycles. The number of halogens is 3. The first-order valence-corrected chi connectivity index (χ1v) is 13.8. The maximum absolute atomic E-state index is 13.5. The van der Waals surface area contributed by atoms with Crippen molar-refractivity contribution in [2.75, 3.05) is 19.0 Å². The maximum Gasteiger partial charge on any atom is 0.416 e. The Bertz CT molecular complexity index is 1610. The first-order chi connectivity index (χ1) is 20.1. The number of nitrogens with zero attached hydrogens (tertiary/aromatic N) is 3. The number of alkyl halides is 3. The van der Waals surface area contributed by atoms with Gasteiger partial charge in [-0.2, -0.15) is 13.2 Å². The van der Waals surface area contributed by atoms with Gasteiger partial charge in [0.15, 0.2) is 5.11 Å². The number of hydrogen-bond donors (Lipinski definition) is 2. The van der Waals surface area contributed by atoms with Gasteiger partial charge in [0.05, 0.1) is 36.1 Å². The lowest BCUT2D eigenvalue weighted by Crippen LogP contribution is -2.33. The number of nitrogens with one attached hydrogen (secondary N) is 2. The molecule has 0 radical (unpaired) electrons. The molecular weight excluding hydrogens is 563 g/mol. The second-order valence-electron chi connectivity index (χ2n) is 10.0. The number of methoxy groups -OCH3 is 1. The van der Waals surface area contributed by atoms with Crippen molar-refractivity contribution in [3.63, 3.8) is 0 Å². The fourth-order valence-electron chi connectivity index (χ4n) is 5.47. The van der Waals surface area contributed by atoms with Crippen LogP contribution in [0.15, 0.2) is 79.0 Å². The number of anilines is 1. The van der Waals surface area contributed by atoms with E-state index in [-0.39, 0.29) is 24.4 Å². The molecule has 3 heterocycles. The van der Waals surface area contributed by atoms with Gasteiger partial charge in [0.1, 0.15) is 5.75 Å². The van der Waals surface area contributed by atoms with Crippen molar-refractivity contribution in [1.82, 2.24) is 19.8 Å². The molecule has 0 aliphatic carbocycles. The van der Waals surface area contributed by atoms with E-state index in [1.807, 2.05) is 59.7 Å². The Kier molecular flexibility index (Phi) is 8.22. The lowest BCUT2D eigenvalue weighted by atomic mass is 9.96. The summed E-state index contributed by atoms with van der Waals surface area (Å²) in [5.41, 5.74) is 3.44. The number of thiocarbonyl (C=S) groups is 1.